The van der Waals surface area contributed by atoms with Crippen LogP contribution in [0.3, 0.4) is 0 Å². The summed E-state index contributed by atoms with van der Waals surface area (Å²) in [5.41, 5.74) is 1.11. The van der Waals surface area contributed by atoms with E-state index in [4.69, 9.17) is 4.74 Å². The molecule has 0 radical (unpaired) electrons. The maximum absolute atomic E-state index is 11.7. The molecular formula is C16H23N2O2+. The summed E-state index contributed by atoms with van der Waals surface area (Å²) >= 11 is 0. The highest BCUT2D eigenvalue weighted by molar-refractivity contribution is 5.70. The molecule has 0 fully saturated rings. The summed E-state index contributed by atoms with van der Waals surface area (Å²) in [6.07, 6.45) is 0. The predicted octanol–water partition coefficient (Wildman–Crippen LogP) is 2.32. The Kier molecular flexibility index (Phi) is 5.72. The third-order valence-corrected chi connectivity index (χ3v) is 3.53. The Labute approximate surface area is 121 Å². The summed E-state index contributed by atoms with van der Waals surface area (Å²) in [4.78, 5) is 11.7. The molecule has 0 aliphatic carbocycles. The van der Waals surface area contributed by atoms with Crippen LogP contribution < -0.4 is 0 Å². The Balaban J connectivity index is 2.89. The van der Waals surface area contributed by atoms with Crippen molar-refractivity contribution in [2.24, 2.45) is 0 Å². The second kappa shape index (κ2) is 7.06. The number of rotatable bonds is 6. The third kappa shape index (κ3) is 4.07. The van der Waals surface area contributed by atoms with Gasteiger partial charge < -0.3 is 9.22 Å². The van der Waals surface area contributed by atoms with Gasteiger partial charge in [0.1, 0.15) is 6.07 Å². The molecular weight excluding hydrogens is 252 g/mol. The van der Waals surface area contributed by atoms with Crippen LogP contribution in [-0.4, -0.2) is 43.7 Å². The Morgan fingerprint density at radius 2 is 1.95 bits per heavy atom. The van der Waals surface area contributed by atoms with Crippen molar-refractivity contribution in [1.82, 2.24) is 0 Å². The highest BCUT2D eigenvalue weighted by atomic mass is 16.5. The molecule has 4 heteroatoms. The quantitative estimate of drug-likeness (QED) is 0.591. The van der Waals surface area contributed by atoms with Crippen molar-refractivity contribution in [3.05, 3.63) is 35.9 Å². The van der Waals surface area contributed by atoms with Gasteiger partial charge in [0.15, 0.2) is 12.6 Å². The highest BCUT2D eigenvalue weighted by Crippen LogP contribution is 2.25. The topological polar surface area (TPSA) is 50.1 Å². The number of ether oxygens (including phenoxy) is 1. The molecule has 0 amide bonds. The second-order valence-electron chi connectivity index (χ2n) is 5.52. The molecule has 1 aromatic rings. The van der Waals surface area contributed by atoms with E-state index in [0.29, 0.717) is 11.1 Å². The predicted molar refractivity (Wildman–Crippen MR) is 77.9 cm³/mol. The number of carbonyl (C=O) groups is 1. The smallest absolute Gasteiger partial charge is 0.361 e. The van der Waals surface area contributed by atoms with Crippen LogP contribution in [0.1, 0.15) is 25.3 Å². The summed E-state index contributed by atoms with van der Waals surface area (Å²) in [6, 6.07) is 12.0. The van der Waals surface area contributed by atoms with Crippen molar-refractivity contribution in [2.75, 3.05) is 27.2 Å². The first-order valence-electron chi connectivity index (χ1n) is 6.85. The van der Waals surface area contributed by atoms with Crippen LogP contribution >= 0.6 is 0 Å². The number of benzene rings is 1. The molecule has 0 aliphatic heterocycles. The van der Waals surface area contributed by atoms with Gasteiger partial charge in [0, 0.05) is 5.92 Å². The van der Waals surface area contributed by atoms with Crippen LogP contribution in [0.15, 0.2) is 30.3 Å². The summed E-state index contributed by atoms with van der Waals surface area (Å²) < 4.78 is 5.29. The zero-order valence-corrected chi connectivity index (χ0v) is 12.7. The van der Waals surface area contributed by atoms with Crippen LogP contribution in [0.25, 0.3) is 0 Å². The van der Waals surface area contributed by atoms with Crippen LogP contribution in [0.4, 0.5) is 0 Å². The van der Waals surface area contributed by atoms with Crippen LogP contribution in [0.5, 0.6) is 0 Å². The number of nitrogens with zero attached hydrogens (tertiary/aromatic N) is 2. The molecule has 0 aliphatic rings. The number of likely N-dealkylation sites (N-methyl/N-ethyl adjacent to an activating group) is 1. The third-order valence-electron chi connectivity index (χ3n) is 3.53. The van der Waals surface area contributed by atoms with Gasteiger partial charge in [-0.1, -0.05) is 37.3 Å². The van der Waals surface area contributed by atoms with E-state index in [-0.39, 0.29) is 24.5 Å². The van der Waals surface area contributed by atoms with E-state index in [1.54, 1.807) is 6.92 Å². The number of esters is 1. The Morgan fingerprint density at radius 3 is 2.45 bits per heavy atom. The Morgan fingerprint density at radius 1 is 1.35 bits per heavy atom. The van der Waals surface area contributed by atoms with Gasteiger partial charge in [0.25, 0.3) is 0 Å². The second-order valence-corrected chi connectivity index (χ2v) is 5.52. The van der Waals surface area contributed by atoms with Gasteiger partial charge in [-0.05, 0) is 12.5 Å². The minimum Gasteiger partial charge on any atom is -0.462 e. The fourth-order valence-corrected chi connectivity index (χ4v) is 2.45. The van der Waals surface area contributed by atoms with Crippen LogP contribution in [0, 0.1) is 11.3 Å². The first-order valence-corrected chi connectivity index (χ1v) is 6.85. The van der Waals surface area contributed by atoms with E-state index in [2.05, 4.69) is 6.07 Å². The van der Waals surface area contributed by atoms with Crippen molar-refractivity contribution in [3.8, 4) is 6.07 Å². The highest BCUT2D eigenvalue weighted by Gasteiger charge is 2.36. The average Bonchev–Trinajstić information content (AvgIpc) is 2.39. The first-order chi connectivity index (χ1) is 9.42. The SMILES string of the molecule is CCOC(=O)C[N+](C)(C)[C@H](C#N)[C@H](C)c1ccccc1. The maximum atomic E-state index is 11.7. The van der Waals surface area contributed by atoms with Crippen molar-refractivity contribution in [1.29, 1.82) is 5.26 Å². The molecule has 0 spiro atoms. The maximum Gasteiger partial charge on any atom is 0.361 e. The molecule has 2 atom stereocenters. The summed E-state index contributed by atoms with van der Waals surface area (Å²) in [6.45, 7) is 4.37. The molecule has 0 saturated heterocycles. The van der Waals surface area contributed by atoms with Gasteiger partial charge in [-0.2, -0.15) is 5.26 Å². The standard InChI is InChI=1S/C16H23N2O2/c1-5-20-16(19)12-18(3,4)15(11-17)13(2)14-9-7-6-8-10-14/h6-10,13,15H,5,12H2,1-4H3/q+1/t13-,15-/m1/s1. The van der Waals surface area contributed by atoms with Crippen molar-refractivity contribution >= 4 is 5.97 Å². The number of carbonyl (C=O) groups excluding carboxylic acids is 1. The van der Waals surface area contributed by atoms with E-state index in [9.17, 15) is 10.1 Å². The lowest BCUT2D eigenvalue weighted by Crippen LogP contribution is -2.53. The van der Waals surface area contributed by atoms with Crippen molar-refractivity contribution < 1.29 is 14.0 Å². The lowest BCUT2D eigenvalue weighted by molar-refractivity contribution is -0.901. The van der Waals surface area contributed by atoms with E-state index in [1.807, 2.05) is 51.4 Å². The lowest BCUT2D eigenvalue weighted by atomic mass is 9.92. The van der Waals surface area contributed by atoms with Gasteiger partial charge in [-0.3, -0.25) is 0 Å². The minimum absolute atomic E-state index is 0.0469. The Hall–Kier alpha value is -1.86. The zero-order valence-electron chi connectivity index (χ0n) is 12.7. The zero-order chi connectivity index (χ0) is 15.2. The number of hydrogen-bond acceptors (Lipinski definition) is 3. The van der Waals surface area contributed by atoms with Gasteiger partial charge in [-0.25, -0.2) is 4.79 Å². The van der Waals surface area contributed by atoms with Crippen molar-refractivity contribution in [2.45, 2.75) is 25.8 Å². The molecule has 0 saturated carbocycles. The molecule has 0 aromatic heterocycles. The van der Waals surface area contributed by atoms with Crippen LogP contribution in [0.2, 0.25) is 0 Å². The monoisotopic (exact) mass is 275 g/mol. The molecule has 108 valence electrons. The van der Waals surface area contributed by atoms with Gasteiger partial charge in [0.05, 0.1) is 20.7 Å². The van der Waals surface area contributed by atoms with E-state index < -0.39 is 0 Å². The van der Waals surface area contributed by atoms with Gasteiger partial charge in [-0.15, -0.1) is 0 Å². The summed E-state index contributed by atoms with van der Waals surface area (Å²) in [7, 11) is 3.79. The average molecular weight is 275 g/mol. The number of quaternary nitrogens is 1. The molecule has 0 bridgehead atoms. The fraction of sp³-hybridized carbons (Fsp3) is 0.500. The number of hydrogen-bond donors (Lipinski definition) is 0. The lowest BCUT2D eigenvalue weighted by Gasteiger charge is -2.36. The van der Waals surface area contributed by atoms with Gasteiger partial charge >= 0.3 is 5.97 Å². The minimum atomic E-state index is -0.304. The van der Waals surface area contributed by atoms with Gasteiger partial charge in [0.2, 0.25) is 0 Å². The van der Waals surface area contributed by atoms with E-state index in [1.165, 1.54) is 0 Å². The number of nitriles is 1. The summed E-state index contributed by atoms with van der Waals surface area (Å²) in [5.74, 6) is -0.219. The molecule has 1 aromatic carbocycles. The van der Waals surface area contributed by atoms with Crippen LogP contribution in [-0.2, 0) is 9.53 Å². The summed E-state index contributed by atoms with van der Waals surface area (Å²) in [5, 5.41) is 9.52. The Bertz CT molecular complexity index is 477. The van der Waals surface area contributed by atoms with E-state index >= 15 is 0 Å². The molecule has 0 unspecified atom stereocenters. The molecule has 4 nitrogen and oxygen atoms in total. The van der Waals surface area contributed by atoms with E-state index in [0.717, 1.165) is 5.56 Å². The van der Waals surface area contributed by atoms with Crippen molar-refractivity contribution in [3.63, 3.8) is 0 Å². The molecule has 0 heterocycles. The molecule has 1 rings (SSSR count). The fourth-order valence-electron chi connectivity index (χ4n) is 2.45. The molecule has 0 N–H and O–H groups in total. The largest absolute Gasteiger partial charge is 0.462 e. The molecule has 20 heavy (non-hydrogen) atoms. The first kappa shape index (κ1) is 16.2. The normalized spacial score (nSPS) is 14.2.